The molecule has 2 nitrogen and oxygen atoms in total. The Labute approximate surface area is 155 Å². The van der Waals surface area contributed by atoms with Crippen molar-refractivity contribution in [2.45, 2.75) is 71.2 Å². The maximum atomic E-state index is 6.58. The normalized spacial score (nSPS) is 15.2. The molecule has 1 rings (SSSR count). The van der Waals surface area contributed by atoms with E-state index in [0.717, 1.165) is 9.52 Å². The van der Waals surface area contributed by atoms with E-state index < -0.39 is 8.32 Å². The van der Waals surface area contributed by atoms with E-state index in [1.54, 1.807) is 0 Å². The smallest absolute Gasteiger partial charge is 0.193 e. The molecule has 24 heavy (non-hydrogen) atoms. The van der Waals surface area contributed by atoms with Crippen molar-refractivity contribution < 1.29 is 4.43 Å². The van der Waals surface area contributed by atoms with Gasteiger partial charge in [-0.05, 0) is 43.1 Å². The molecule has 0 fully saturated rings. The fraction of sp³-hybridized carbons (Fsp3) is 0.579. The van der Waals surface area contributed by atoms with Gasteiger partial charge in [-0.2, -0.15) is 0 Å². The minimum atomic E-state index is -1.78. The number of nitrogens with one attached hydrogen (secondary N) is 1. The van der Waals surface area contributed by atoms with E-state index in [1.165, 1.54) is 16.3 Å². The standard InChI is InChI=1S/C19H33NOSi3/c1-10-22-18(21-24(8,9)19(5,6)7)20-16(4)23-17-13-11-12-14(2)15(17)3/h10-13,16,18,20H,1H2,2-9H3. The molecule has 0 heterocycles. The summed E-state index contributed by atoms with van der Waals surface area (Å²) in [5.41, 5.74) is 5.16. The third-order valence-corrected chi connectivity index (χ3v) is 11.8. The summed E-state index contributed by atoms with van der Waals surface area (Å²) in [5, 5.41) is 5.37. The third kappa shape index (κ3) is 6.11. The molecule has 1 aromatic carbocycles. The molecular formula is C19H33NOSi3. The first-order chi connectivity index (χ1) is 11.0. The van der Waals surface area contributed by atoms with E-state index >= 15 is 0 Å². The minimum absolute atomic E-state index is 0.0796. The summed E-state index contributed by atoms with van der Waals surface area (Å²) >= 11 is 0. The SMILES string of the molecule is C=C[Si]C(NC(C)[Si]c1cccc(C)c1C)O[Si](C)(C)C(C)(C)C. The summed E-state index contributed by atoms with van der Waals surface area (Å²) in [6.07, 6.45) is 0. The van der Waals surface area contributed by atoms with Crippen LogP contribution in [0.4, 0.5) is 0 Å². The zero-order valence-electron chi connectivity index (χ0n) is 16.6. The number of hydrogen-bond acceptors (Lipinski definition) is 2. The van der Waals surface area contributed by atoms with Gasteiger partial charge >= 0.3 is 0 Å². The van der Waals surface area contributed by atoms with Crippen LogP contribution >= 0.6 is 0 Å². The van der Waals surface area contributed by atoms with Gasteiger partial charge in [-0.1, -0.05) is 51.1 Å². The van der Waals surface area contributed by atoms with Crippen LogP contribution in [-0.4, -0.2) is 38.9 Å². The van der Waals surface area contributed by atoms with E-state index in [4.69, 9.17) is 4.43 Å². The lowest BCUT2D eigenvalue weighted by atomic mass is 10.1. The Hall–Kier alpha value is -0.469. The van der Waals surface area contributed by atoms with Crippen molar-refractivity contribution in [2.24, 2.45) is 0 Å². The average Bonchev–Trinajstić information content (AvgIpc) is 2.42. The lowest BCUT2D eigenvalue weighted by Gasteiger charge is -2.40. The van der Waals surface area contributed by atoms with Crippen LogP contribution in [-0.2, 0) is 4.43 Å². The van der Waals surface area contributed by atoms with Gasteiger partial charge in [-0.3, -0.25) is 5.32 Å². The van der Waals surface area contributed by atoms with Crippen molar-refractivity contribution in [1.29, 1.82) is 0 Å². The summed E-state index contributed by atoms with van der Waals surface area (Å²) in [5.74, 6) is 0.0796. The monoisotopic (exact) mass is 375 g/mol. The molecule has 2 unspecified atom stereocenters. The van der Waals surface area contributed by atoms with Crippen molar-refractivity contribution in [3.05, 3.63) is 41.6 Å². The maximum absolute atomic E-state index is 6.58. The fourth-order valence-corrected chi connectivity index (χ4v) is 6.31. The first-order valence-corrected chi connectivity index (χ1v) is 13.8. The highest BCUT2D eigenvalue weighted by atomic mass is 28.4. The van der Waals surface area contributed by atoms with Crippen molar-refractivity contribution in [3.8, 4) is 0 Å². The third-order valence-electron chi connectivity index (χ3n) is 4.87. The van der Waals surface area contributed by atoms with Crippen LogP contribution in [0.5, 0.6) is 0 Å². The summed E-state index contributed by atoms with van der Waals surface area (Å²) < 4.78 is 6.58. The summed E-state index contributed by atoms with van der Waals surface area (Å²) in [4.78, 5) is 0. The highest BCUT2D eigenvalue weighted by Crippen LogP contribution is 2.37. The van der Waals surface area contributed by atoms with Crippen LogP contribution in [0.15, 0.2) is 30.5 Å². The zero-order valence-corrected chi connectivity index (χ0v) is 19.6. The van der Waals surface area contributed by atoms with Gasteiger partial charge in [0.2, 0.25) is 0 Å². The van der Waals surface area contributed by atoms with E-state index in [1.807, 2.05) is 5.70 Å². The maximum Gasteiger partial charge on any atom is 0.193 e. The molecule has 132 valence electrons. The van der Waals surface area contributed by atoms with Crippen molar-refractivity contribution in [2.75, 3.05) is 0 Å². The number of aryl methyl sites for hydroxylation is 1. The molecule has 4 radical (unpaired) electrons. The van der Waals surface area contributed by atoms with Crippen LogP contribution in [0, 0.1) is 13.8 Å². The molecule has 5 heteroatoms. The molecule has 0 bridgehead atoms. The van der Waals surface area contributed by atoms with Gasteiger partial charge in [0.1, 0.15) is 19.0 Å². The molecule has 0 aromatic heterocycles. The van der Waals surface area contributed by atoms with Crippen molar-refractivity contribution >= 4 is 32.5 Å². The topological polar surface area (TPSA) is 21.3 Å². The van der Waals surface area contributed by atoms with Gasteiger partial charge in [0, 0.05) is 5.67 Å². The molecule has 0 spiro atoms. The Kier molecular flexibility index (Phi) is 7.87. The van der Waals surface area contributed by atoms with Crippen LogP contribution in [0.3, 0.4) is 0 Å². The van der Waals surface area contributed by atoms with Gasteiger partial charge in [0.15, 0.2) is 8.32 Å². The van der Waals surface area contributed by atoms with Crippen molar-refractivity contribution in [3.63, 3.8) is 0 Å². The molecule has 0 saturated carbocycles. The van der Waals surface area contributed by atoms with Crippen LogP contribution in [0.1, 0.15) is 38.8 Å². The van der Waals surface area contributed by atoms with E-state index in [9.17, 15) is 0 Å². The molecular weight excluding hydrogens is 342 g/mol. The summed E-state index contributed by atoms with van der Waals surface area (Å²) in [6, 6.07) is 6.59. The lowest BCUT2D eigenvalue weighted by molar-refractivity contribution is 0.214. The molecule has 0 saturated heterocycles. The lowest BCUT2D eigenvalue weighted by Crippen LogP contribution is -2.54. The van der Waals surface area contributed by atoms with Crippen LogP contribution in [0.2, 0.25) is 18.1 Å². The minimum Gasteiger partial charge on any atom is -0.405 e. The molecule has 0 aliphatic carbocycles. The predicted octanol–water partition coefficient (Wildman–Crippen LogP) is 3.72. The Morgan fingerprint density at radius 1 is 1.25 bits per heavy atom. The molecule has 1 N–H and O–H groups in total. The molecule has 0 amide bonds. The zero-order chi connectivity index (χ0) is 18.5. The molecule has 1 aromatic rings. The second-order valence-corrected chi connectivity index (χ2v) is 15.6. The molecule has 2 atom stereocenters. The Balaban J connectivity index is 2.77. The number of hydrogen-bond donors (Lipinski definition) is 1. The van der Waals surface area contributed by atoms with Gasteiger partial charge in [-0.15, -0.1) is 12.3 Å². The Bertz CT molecular complexity index is 552. The number of benzene rings is 1. The first-order valence-electron chi connectivity index (χ1n) is 8.61. The second-order valence-electron chi connectivity index (χ2n) is 7.91. The quantitative estimate of drug-likeness (QED) is 0.552. The van der Waals surface area contributed by atoms with Gasteiger partial charge in [0.25, 0.3) is 0 Å². The fourth-order valence-electron chi connectivity index (χ4n) is 2.10. The average molecular weight is 376 g/mol. The van der Waals surface area contributed by atoms with E-state index in [-0.39, 0.29) is 10.9 Å². The Morgan fingerprint density at radius 2 is 1.88 bits per heavy atom. The highest BCUT2D eigenvalue weighted by Gasteiger charge is 2.39. The van der Waals surface area contributed by atoms with Gasteiger partial charge in [-0.25, -0.2) is 0 Å². The van der Waals surface area contributed by atoms with Crippen LogP contribution < -0.4 is 10.5 Å². The largest absolute Gasteiger partial charge is 0.405 e. The van der Waals surface area contributed by atoms with E-state index in [2.05, 4.69) is 84.7 Å². The predicted molar refractivity (Wildman–Crippen MR) is 112 cm³/mol. The van der Waals surface area contributed by atoms with Gasteiger partial charge < -0.3 is 4.43 Å². The second kappa shape index (κ2) is 8.76. The van der Waals surface area contributed by atoms with Crippen molar-refractivity contribution in [1.82, 2.24) is 5.32 Å². The number of rotatable bonds is 8. The Morgan fingerprint density at radius 3 is 2.42 bits per heavy atom. The summed E-state index contributed by atoms with van der Waals surface area (Å²) in [6.45, 7) is 22.1. The molecule has 0 aliphatic rings. The first kappa shape index (κ1) is 21.6. The van der Waals surface area contributed by atoms with E-state index in [0.29, 0.717) is 15.2 Å². The van der Waals surface area contributed by atoms with Crippen LogP contribution in [0.25, 0.3) is 0 Å². The highest BCUT2D eigenvalue weighted by molar-refractivity contribution is 6.74. The summed E-state index contributed by atoms with van der Waals surface area (Å²) in [7, 11) is -0.469. The van der Waals surface area contributed by atoms with Gasteiger partial charge in [0.05, 0.1) is 5.85 Å². The molecule has 0 aliphatic heterocycles.